The van der Waals surface area contributed by atoms with Gasteiger partial charge in [-0.15, -0.1) is 0 Å². The quantitative estimate of drug-likeness (QED) is 0.498. The Morgan fingerprint density at radius 3 is 2.33 bits per heavy atom. The summed E-state index contributed by atoms with van der Waals surface area (Å²) in [6.07, 6.45) is 0. The van der Waals surface area contributed by atoms with Crippen molar-refractivity contribution in [2.24, 2.45) is 0 Å². The van der Waals surface area contributed by atoms with Crippen molar-refractivity contribution in [3.05, 3.63) is 87.9 Å². The van der Waals surface area contributed by atoms with E-state index in [0.29, 0.717) is 6.54 Å². The molecule has 0 aromatic heterocycles. The average Bonchev–Trinajstić information content (AvgIpc) is 2.97. The molecule has 0 fully saturated rings. The summed E-state index contributed by atoms with van der Waals surface area (Å²) >= 11 is 3.53. The van der Waals surface area contributed by atoms with Crippen molar-refractivity contribution in [3.8, 4) is 0 Å². The Bertz CT molecular complexity index is 1070. The van der Waals surface area contributed by atoms with E-state index in [-0.39, 0.29) is 5.91 Å². The zero-order chi connectivity index (χ0) is 19.2. The summed E-state index contributed by atoms with van der Waals surface area (Å²) in [6.45, 7) is 6.99. The lowest BCUT2D eigenvalue weighted by atomic mass is 9.90. The van der Waals surface area contributed by atoms with Crippen LogP contribution in [-0.4, -0.2) is 17.4 Å². The van der Waals surface area contributed by atoms with Gasteiger partial charge in [0, 0.05) is 16.6 Å². The number of carbonyl (C=O) groups is 1. The molecule has 0 spiro atoms. The Hall–Kier alpha value is -2.39. The van der Waals surface area contributed by atoms with Crippen LogP contribution in [-0.2, 0) is 10.3 Å². The molecule has 136 valence electrons. The number of hydrogen-bond donors (Lipinski definition) is 0. The van der Waals surface area contributed by atoms with Gasteiger partial charge in [0.05, 0.1) is 5.54 Å². The molecule has 0 bridgehead atoms. The first-order chi connectivity index (χ1) is 12.9. The summed E-state index contributed by atoms with van der Waals surface area (Å²) in [5, 5.41) is 2.37. The van der Waals surface area contributed by atoms with E-state index in [1.54, 1.807) is 0 Å². The van der Waals surface area contributed by atoms with Gasteiger partial charge in [-0.05, 0) is 66.4 Å². The van der Waals surface area contributed by atoms with Gasteiger partial charge in [-0.25, -0.2) is 0 Å². The minimum absolute atomic E-state index is 0.111. The molecule has 1 heterocycles. The highest BCUT2D eigenvalue weighted by atomic mass is 79.9. The fourth-order valence-electron chi connectivity index (χ4n) is 3.88. The van der Waals surface area contributed by atoms with Crippen molar-refractivity contribution in [2.45, 2.75) is 26.3 Å². The predicted octanol–water partition coefficient (Wildman–Crippen LogP) is 6.15. The fraction of sp³-hybridized carbons (Fsp3) is 0.208. The van der Waals surface area contributed by atoms with Crippen LogP contribution in [0, 0.1) is 0 Å². The molecule has 2 nitrogen and oxygen atoms in total. The van der Waals surface area contributed by atoms with E-state index < -0.39 is 5.54 Å². The maximum Gasteiger partial charge on any atom is 0.255 e. The Labute approximate surface area is 168 Å². The summed E-state index contributed by atoms with van der Waals surface area (Å²) in [4.78, 5) is 15.3. The molecular weight excluding hydrogens is 398 g/mol. The van der Waals surface area contributed by atoms with Gasteiger partial charge in [-0.3, -0.25) is 4.79 Å². The van der Waals surface area contributed by atoms with Gasteiger partial charge < -0.3 is 4.90 Å². The highest BCUT2D eigenvalue weighted by Crippen LogP contribution is 2.38. The standard InChI is InChI=1S/C24H22BrNO/c1-16-15-26(23(27)22(16)17-7-5-4-6-8-17)24(2,3)20-11-9-19-14-21(25)12-10-18(19)13-20/h4-14H,15H2,1-3H3. The minimum atomic E-state index is -0.393. The maximum absolute atomic E-state index is 13.3. The molecule has 0 radical (unpaired) electrons. The molecule has 3 aromatic carbocycles. The minimum Gasteiger partial charge on any atom is -0.325 e. The normalized spacial score (nSPS) is 15.1. The Kier molecular flexibility index (Phi) is 4.43. The van der Waals surface area contributed by atoms with Crippen LogP contribution in [0.25, 0.3) is 16.3 Å². The largest absolute Gasteiger partial charge is 0.325 e. The number of fused-ring (bicyclic) bond motifs is 1. The van der Waals surface area contributed by atoms with Crippen molar-refractivity contribution >= 4 is 38.2 Å². The number of halogens is 1. The molecule has 0 unspecified atom stereocenters. The van der Waals surface area contributed by atoms with Crippen LogP contribution in [0.4, 0.5) is 0 Å². The van der Waals surface area contributed by atoms with Crippen molar-refractivity contribution in [1.29, 1.82) is 0 Å². The van der Waals surface area contributed by atoms with E-state index in [1.165, 1.54) is 10.8 Å². The molecule has 3 heteroatoms. The summed E-state index contributed by atoms with van der Waals surface area (Å²) in [6, 6.07) is 22.7. The third-order valence-electron chi connectivity index (χ3n) is 5.53. The number of nitrogens with zero attached hydrogens (tertiary/aromatic N) is 1. The van der Waals surface area contributed by atoms with Gasteiger partial charge >= 0.3 is 0 Å². The second-order valence-corrected chi connectivity index (χ2v) is 8.59. The first kappa shape index (κ1) is 18.0. The lowest BCUT2D eigenvalue weighted by Gasteiger charge is -2.37. The van der Waals surface area contributed by atoms with Crippen LogP contribution in [0.2, 0.25) is 0 Å². The maximum atomic E-state index is 13.3. The molecule has 27 heavy (non-hydrogen) atoms. The molecule has 0 atom stereocenters. The molecule has 4 rings (SSSR count). The number of rotatable bonds is 3. The van der Waals surface area contributed by atoms with Crippen LogP contribution >= 0.6 is 15.9 Å². The summed E-state index contributed by atoms with van der Waals surface area (Å²) in [5.41, 5.74) is 3.72. The molecule has 0 saturated carbocycles. The Morgan fingerprint density at radius 2 is 1.59 bits per heavy atom. The van der Waals surface area contributed by atoms with Crippen LogP contribution < -0.4 is 0 Å². The molecule has 0 aliphatic carbocycles. The summed E-state index contributed by atoms with van der Waals surface area (Å²) < 4.78 is 1.07. The first-order valence-corrected chi connectivity index (χ1v) is 9.94. The molecular formula is C24H22BrNO. The van der Waals surface area contributed by atoms with Gasteiger partial charge in [0.1, 0.15) is 0 Å². The van der Waals surface area contributed by atoms with Crippen molar-refractivity contribution in [1.82, 2.24) is 4.90 Å². The van der Waals surface area contributed by atoms with E-state index >= 15 is 0 Å². The lowest BCUT2D eigenvalue weighted by Crippen LogP contribution is -2.43. The lowest BCUT2D eigenvalue weighted by molar-refractivity contribution is -0.128. The highest BCUT2D eigenvalue weighted by molar-refractivity contribution is 9.10. The van der Waals surface area contributed by atoms with Gasteiger partial charge in [-0.1, -0.05) is 64.5 Å². The number of hydrogen-bond acceptors (Lipinski definition) is 1. The van der Waals surface area contributed by atoms with E-state index in [2.05, 4.69) is 73.1 Å². The van der Waals surface area contributed by atoms with Crippen LogP contribution in [0.5, 0.6) is 0 Å². The van der Waals surface area contributed by atoms with Gasteiger partial charge in [-0.2, -0.15) is 0 Å². The average molecular weight is 420 g/mol. The summed E-state index contributed by atoms with van der Waals surface area (Å²) in [5.74, 6) is 0.111. The van der Waals surface area contributed by atoms with E-state index in [9.17, 15) is 4.79 Å². The van der Waals surface area contributed by atoms with Gasteiger partial charge in [0.2, 0.25) is 0 Å². The van der Waals surface area contributed by atoms with Crippen molar-refractivity contribution < 1.29 is 4.79 Å². The zero-order valence-electron chi connectivity index (χ0n) is 15.8. The second kappa shape index (κ2) is 6.65. The molecule has 1 aliphatic heterocycles. The number of benzene rings is 3. The molecule has 0 saturated heterocycles. The van der Waals surface area contributed by atoms with Crippen LogP contribution in [0.3, 0.4) is 0 Å². The molecule has 1 aliphatic rings. The fourth-order valence-corrected chi connectivity index (χ4v) is 4.26. The number of amides is 1. The zero-order valence-corrected chi connectivity index (χ0v) is 17.4. The monoisotopic (exact) mass is 419 g/mol. The van der Waals surface area contributed by atoms with Crippen molar-refractivity contribution in [2.75, 3.05) is 6.54 Å². The molecule has 3 aromatic rings. The Morgan fingerprint density at radius 1 is 0.926 bits per heavy atom. The second-order valence-electron chi connectivity index (χ2n) is 7.68. The summed E-state index contributed by atoms with van der Waals surface area (Å²) in [7, 11) is 0. The van der Waals surface area contributed by atoms with Crippen LogP contribution in [0.15, 0.2) is 76.8 Å². The third-order valence-corrected chi connectivity index (χ3v) is 6.02. The van der Waals surface area contributed by atoms with E-state index in [0.717, 1.165) is 26.7 Å². The van der Waals surface area contributed by atoms with Gasteiger partial charge in [0.15, 0.2) is 0 Å². The van der Waals surface area contributed by atoms with Crippen LogP contribution in [0.1, 0.15) is 31.9 Å². The third kappa shape index (κ3) is 3.10. The van der Waals surface area contributed by atoms with E-state index in [1.807, 2.05) is 35.2 Å². The van der Waals surface area contributed by atoms with Crippen molar-refractivity contribution in [3.63, 3.8) is 0 Å². The predicted molar refractivity (Wildman–Crippen MR) is 115 cm³/mol. The Balaban J connectivity index is 1.71. The smallest absolute Gasteiger partial charge is 0.255 e. The van der Waals surface area contributed by atoms with E-state index in [4.69, 9.17) is 0 Å². The molecule has 1 amide bonds. The highest BCUT2D eigenvalue weighted by Gasteiger charge is 2.39. The first-order valence-electron chi connectivity index (χ1n) is 9.15. The molecule has 0 N–H and O–H groups in total. The van der Waals surface area contributed by atoms with Gasteiger partial charge in [0.25, 0.3) is 5.91 Å². The number of carbonyl (C=O) groups excluding carboxylic acids is 1. The topological polar surface area (TPSA) is 20.3 Å². The SMILES string of the molecule is CC1=C(c2ccccc2)C(=O)N(C(C)(C)c2ccc3cc(Br)ccc3c2)C1.